The Morgan fingerprint density at radius 3 is 1.45 bits per heavy atom. The highest BCUT2D eigenvalue weighted by Crippen LogP contribution is 2.24. The van der Waals surface area contributed by atoms with E-state index >= 15 is 0 Å². The Morgan fingerprint density at radius 2 is 1.15 bits per heavy atom. The van der Waals surface area contributed by atoms with Crippen LogP contribution in [-0.4, -0.2) is 65.4 Å². The summed E-state index contributed by atoms with van der Waals surface area (Å²) in [5.41, 5.74) is 0. The van der Waals surface area contributed by atoms with E-state index in [2.05, 4.69) is 0 Å². The predicted molar refractivity (Wildman–Crippen MR) is 77.4 cm³/mol. The third-order valence-corrected chi connectivity index (χ3v) is 4.84. The summed E-state index contributed by atoms with van der Waals surface area (Å²) in [6.07, 6.45) is 5.82. The molecule has 5 heteroatoms. The van der Waals surface area contributed by atoms with Crippen molar-refractivity contribution in [3.63, 3.8) is 0 Å². The third kappa shape index (κ3) is 4.09. The van der Waals surface area contributed by atoms with Crippen LogP contribution in [0.3, 0.4) is 0 Å². The molecule has 0 saturated carbocycles. The van der Waals surface area contributed by atoms with Gasteiger partial charge in [0.25, 0.3) is 0 Å². The topological polar surface area (TPSA) is 64.0 Å². The first-order chi connectivity index (χ1) is 9.74. The Balaban J connectivity index is 1.73. The molecule has 0 aromatic carbocycles. The zero-order valence-electron chi connectivity index (χ0n) is 12.3. The average molecular weight is 284 g/mol. The monoisotopic (exact) mass is 284 g/mol. The van der Waals surface area contributed by atoms with Crippen LogP contribution in [-0.2, 0) is 0 Å². The Morgan fingerprint density at radius 1 is 0.800 bits per heavy atom. The number of likely N-dealkylation sites (tertiary alicyclic amines) is 2. The van der Waals surface area contributed by atoms with Crippen LogP contribution in [0, 0.1) is 11.8 Å². The summed E-state index contributed by atoms with van der Waals surface area (Å²) >= 11 is 0. The van der Waals surface area contributed by atoms with Crippen LogP contribution in [0.4, 0.5) is 4.79 Å². The fraction of sp³-hybridized carbons (Fsp3) is 0.933. The number of carbonyl (C=O) groups excluding carboxylic acids is 1. The van der Waals surface area contributed by atoms with Gasteiger partial charge in [0.05, 0.1) is 0 Å². The van der Waals surface area contributed by atoms with Gasteiger partial charge >= 0.3 is 6.03 Å². The molecule has 0 aliphatic carbocycles. The molecular formula is C15H28N2O3. The maximum Gasteiger partial charge on any atom is 0.319 e. The number of hydrogen-bond donors (Lipinski definition) is 2. The zero-order chi connectivity index (χ0) is 14.4. The van der Waals surface area contributed by atoms with Gasteiger partial charge in [-0.05, 0) is 50.4 Å². The summed E-state index contributed by atoms with van der Waals surface area (Å²) in [6, 6.07) is 0.190. The van der Waals surface area contributed by atoms with Crippen LogP contribution in [0.1, 0.15) is 38.5 Å². The second-order valence-electron chi connectivity index (χ2n) is 6.17. The van der Waals surface area contributed by atoms with Crippen molar-refractivity contribution in [2.45, 2.75) is 38.5 Å². The molecule has 0 unspecified atom stereocenters. The average Bonchev–Trinajstić information content (AvgIpc) is 2.49. The number of aliphatic hydroxyl groups is 2. The predicted octanol–water partition coefficient (Wildman–Crippen LogP) is 1.30. The summed E-state index contributed by atoms with van der Waals surface area (Å²) in [7, 11) is 0. The van der Waals surface area contributed by atoms with Crippen molar-refractivity contribution >= 4 is 6.03 Å². The molecule has 0 bridgehead atoms. The van der Waals surface area contributed by atoms with Crippen LogP contribution in [0.25, 0.3) is 0 Å². The van der Waals surface area contributed by atoms with E-state index in [0.29, 0.717) is 11.8 Å². The summed E-state index contributed by atoms with van der Waals surface area (Å²) in [6.45, 7) is 3.86. The Kier molecular flexibility index (Phi) is 6.10. The van der Waals surface area contributed by atoms with Crippen molar-refractivity contribution < 1.29 is 15.0 Å². The second-order valence-corrected chi connectivity index (χ2v) is 6.17. The molecule has 0 aromatic rings. The number of urea groups is 1. The molecule has 2 rings (SSSR count). The van der Waals surface area contributed by atoms with Crippen LogP contribution in [0.5, 0.6) is 0 Å². The lowest BCUT2D eigenvalue weighted by Gasteiger charge is -2.38. The van der Waals surface area contributed by atoms with Crippen molar-refractivity contribution in [3.05, 3.63) is 0 Å². The van der Waals surface area contributed by atoms with Crippen molar-refractivity contribution in [1.29, 1.82) is 0 Å². The molecule has 0 aromatic heterocycles. The SMILES string of the molecule is O=C(N1CCC(CCO)CC1)N1CCC(CCO)CC1. The molecule has 0 radical (unpaired) electrons. The lowest BCUT2D eigenvalue weighted by atomic mass is 9.93. The number of carbonyl (C=O) groups is 1. The van der Waals surface area contributed by atoms with Gasteiger partial charge in [0.15, 0.2) is 0 Å². The van der Waals surface area contributed by atoms with Crippen LogP contribution in [0.2, 0.25) is 0 Å². The van der Waals surface area contributed by atoms with Crippen molar-refractivity contribution in [2.75, 3.05) is 39.4 Å². The fourth-order valence-electron chi connectivity index (χ4n) is 3.39. The Hall–Kier alpha value is -0.810. The van der Waals surface area contributed by atoms with E-state index in [-0.39, 0.29) is 19.2 Å². The van der Waals surface area contributed by atoms with Gasteiger partial charge in [-0.25, -0.2) is 4.79 Å². The molecule has 2 heterocycles. The minimum atomic E-state index is 0.190. The molecule has 0 spiro atoms. The third-order valence-electron chi connectivity index (χ3n) is 4.84. The Bertz CT molecular complexity index is 267. The first kappa shape index (κ1) is 15.6. The van der Waals surface area contributed by atoms with Gasteiger partial charge in [0.2, 0.25) is 0 Å². The van der Waals surface area contributed by atoms with Crippen molar-refractivity contribution in [2.24, 2.45) is 11.8 Å². The van der Waals surface area contributed by atoms with E-state index in [1.165, 1.54) is 0 Å². The number of nitrogens with zero attached hydrogens (tertiary/aromatic N) is 2. The van der Waals surface area contributed by atoms with E-state index in [0.717, 1.165) is 64.7 Å². The normalized spacial score (nSPS) is 22.3. The van der Waals surface area contributed by atoms with Gasteiger partial charge in [-0.1, -0.05) is 0 Å². The largest absolute Gasteiger partial charge is 0.396 e. The molecule has 2 aliphatic rings. The van der Waals surface area contributed by atoms with Crippen LogP contribution >= 0.6 is 0 Å². The molecule has 2 N–H and O–H groups in total. The fourth-order valence-corrected chi connectivity index (χ4v) is 3.39. The molecule has 2 amide bonds. The molecular weight excluding hydrogens is 256 g/mol. The second kappa shape index (κ2) is 7.84. The summed E-state index contributed by atoms with van der Waals surface area (Å²) in [5.74, 6) is 1.17. The molecule has 2 aliphatic heterocycles. The summed E-state index contributed by atoms with van der Waals surface area (Å²) in [4.78, 5) is 16.4. The van der Waals surface area contributed by atoms with E-state index in [9.17, 15) is 4.79 Å². The molecule has 20 heavy (non-hydrogen) atoms. The van der Waals surface area contributed by atoms with Gasteiger partial charge < -0.3 is 20.0 Å². The number of amides is 2. The van der Waals surface area contributed by atoms with E-state index in [1.54, 1.807) is 0 Å². The van der Waals surface area contributed by atoms with Gasteiger partial charge in [-0.2, -0.15) is 0 Å². The van der Waals surface area contributed by atoms with Gasteiger partial charge in [0.1, 0.15) is 0 Å². The highest BCUT2D eigenvalue weighted by atomic mass is 16.3. The van der Waals surface area contributed by atoms with Gasteiger partial charge in [0, 0.05) is 39.4 Å². The molecule has 116 valence electrons. The minimum absolute atomic E-state index is 0.190. The van der Waals surface area contributed by atoms with Crippen molar-refractivity contribution in [3.8, 4) is 0 Å². The first-order valence-corrected chi connectivity index (χ1v) is 8.00. The maximum absolute atomic E-state index is 12.4. The summed E-state index contributed by atoms with van der Waals surface area (Å²) < 4.78 is 0. The molecule has 2 fully saturated rings. The van der Waals surface area contributed by atoms with Crippen LogP contribution in [0.15, 0.2) is 0 Å². The molecule has 2 saturated heterocycles. The lowest BCUT2D eigenvalue weighted by molar-refractivity contribution is 0.108. The van der Waals surface area contributed by atoms with E-state index in [1.807, 2.05) is 9.80 Å². The van der Waals surface area contributed by atoms with Gasteiger partial charge in [-0.15, -0.1) is 0 Å². The number of piperidine rings is 2. The minimum Gasteiger partial charge on any atom is -0.396 e. The number of rotatable bonds is 4. The van der Waals surface area contributed by atoms with E-state index in [4.69, 9.17) is 10.2 Å². The van der Waals surface area contributed by atoms with E-state index < -0.39 is 0 Å². The quantitative estimate of drug-likeness (QED) is 0.818. The molecule has 0 atom stereocenters. The zero-order valence-corrected chi connectivity index (χ0v) is 12.3. The highest BCUT2D eigenvalue weighted by Gasteiger charge is 2.28. The van der Waals surface area contributed by atoms with Crippen LogP contribution < -0.4 is 0 Å². The first-order valence-electron chi connectivity index (χ1n) is 8.00. The standard InChI is InChI=1S/C15H28N2O3/c18-11-5-13-1-7-16(8-2-13)15(20)17-9-3-14(4-10-17)6-12-19/h13-14,18-19H,1-12H2. The maximum atomic E-state index is 12.4. The van der Waals surface area contributed by atoms with Gasteiger partial charge in [-0.3, -0.25) is 0 Å². The Labute approximate surface area is 121 Å². The highest BCUT2D eigenvalue weighted by molar-refractivity contribution is 5.74. The lowest BCUT2D eigenvalue weighted by Crippen LogP contribution is -2.49. The summed E-state index contributed by atoms with van der Waals surface area (Å²) in [5, 5.41) is 17.9. The number of aliphatic hydroxyl groups excluding tert-OH is 2. The molecule has 5 nitrogen and oxygen atoms in total. The smallest absolute Gasteiger partial charge is 0.319 e. The number of hydrogen-bond acceptors (Lipinski definition) is 3. The van der Waals surface area contributed by atoms with Crippen molar-refractivity contribution in [1.82, 2.24) is 9.80 Å².